The molecule has 0 radical (unpaired) electrons. The topological polar surface area (TPSA) is 21.3 Å². The summed E-state index contributed by atoms with van der Waals surface area (Å²) in [5.41, 5.74) is 3.97. The zero-order chi connectivity index (χ0) is 14.5. The molecule has 2 heteroatoms. The van der Waals surface area contributed by atoms with Crippen LogP contribution in [0.2, 0.25) is 0 Å². The van der Waals surface area contributed by atoms with Crippen LogP contribution in [0.4, 0.5) is 0 Å². The molecule has 0 fully saturated rings. The Morgan fingerprint density at radius 1 is 1.26 bits per heavy atom. The quantitative estimate of drug-likeness (QED) is 0.797. The number of hydrogen-bond donors (Lipinski definition) is 1. The van der Waals surface area contributed by atoms with Crippen molar-refractivity contribution in [3.05, 3.63) is 34.9 Å². The molecule has 0 saturated carbocycles. The van der Waals surface area contributed by atoms with Gasteiger partial charge in [-0.3, -0.25) is 0 Å². The van der Waals surface area contributed by atoms with E-state index in [9.17, 15) is 0 Å². The average Bonchev–Trinajstić information content (AvgIpc) is 2.35. The fraction of sp³-hybridized carbons (Fsp3) is 0.647. The van der Waals surface area contributed by atoms with Crippen LogP contribution in [0.15, 0.2) is 18.2 Å². The number of methoxy groups -OCH3 is 1. The maximum absolute atomic E-state index is 5.59. The summed E-state index contributed by atoms with van der Waals surface area (Å²) >= 11 is 0. The van der Waals surface area contributed by atoms with Gasteiger partial charge in [0.1, 0.15) is 0 Å². The molecule has 0 spiro atoms. The van der Waals surface area contributed by atoms with E-state index in [-0.39, 0.29) is 5.60 Å². The summed E-state index contributed by atoms with van der Waals surface area (Å²) < 4.78 is 5.59. The molecule has 108 valence electrons. The maximum atomic E-state index is 5.59. The zero-order valence-electron chi connectivity index (χ0n) is 13.3. The Bertz CT molecular complexity index is 398. The van der Waals surface area contributed by atoms with Gasteiger partial charge in [-0.25, -0.2) is 0 Å². The predicted octanol–water partition coefficient (Wildman–Crippen LogP) is 4.16. The highest BCUT2D eigenvalue weighted by molar-refractivity contribution is 5.33. The second kappa shape index (κ2) is 7.06. The molecule has 1 N–H and O–H groups in total. The second-order valence-corrected chi connectivity index (χ2v) is 6.03. The molecule has 0 aliphatic carbocycles. The summed E-state index contributed by atoms with van der Waals surface area (Å²) in [4.78, 5) is 0. The molecule has 0 aromatic heterocycles. The second-order valence-electron chi connectivity index (χ2n) is 6.03. The van der Waals surface area contributed by atoms with Crippen molar-refractivity contribution < 1.29 is 4.74 Å². The average molecular weight is 263 g/mol. The first-order valence-corrected chi connectivity index (χ1v) is 7.25. The number of ether oxygens (including phenoxy) is 1. The number of aryl methyl sites for hydroxylation is 2. The summed E-state index contributed by atoms with van der Waals surface area (Å²) in [5, 5.41) is 3.66. The monoisotopic (exact) mass is 263 g/mol. The first-order valence-electron chi connectivity index (χ1n) is 7.25. The number of nitrogens with one attached hydrogen (secondary N) is 1. The minimum absolute atomic E-state index is 0.108. The first-order chi connectivity index (χ1) is 8.89. The van der Waals surface area contributed by atoms with Crippen LogP contribution in [-0.4, -0.2) is 19.3 Å². The van der Waals surface area contributed by atoms with E-state index in [0.29, 0.717) is 6.04 Å². The standard InChI is InChI=1S/C17H29NO/c1-7-10-18-16(12-17(4,5)19-6)15-9-8-13(2)11-14(15)3/h8-9,11,16,18H,7,10,12H2,1-6H3. The molecular weight excluding hydrogens is 234 g/mol. The molecular formula is C17H29NO. The van der Waals surface area contributed by atoms with Crippen LogP contribution in [0.5, 0.6) is 0 Å². The molecule has 1 unspecified atom stereocenters. The normalized spacial score (nSPS) is 13.6. The molecule has 1 atom stereocenters. The largest absolute Gasteiger partial charge is 0.379 e. The van der Waals surface area contributed by atoms with E-state index < -0.39 is 0 Å². The van der Waals surface area contributed by atoms with Crippen molar-refractivity contribution in [1.29, 1.82) is 0 Å². The molecule has 0 bridgehead atoms. The van der Waals surface area contributed by atoms with E-state index in [0.717, 1.165) is 19.4 Å². The Morgan fingerprint density at radius 3 is 2.47 bits per heavy atom. The first kappa shape index (κ1) is 16.2. The summed E-state index contributed by atoms with van der Waals surface area (Å²) in [6.07, 6.45) is 2.13. The van der Waals surface area contributed by atoms with Gasteiger partial charge < -0.3 is 10.1 Å². The van der Waals surface area contributed by atoms with Gasteiger partial charge in [-0.2, -0.15) is 0 Å². The van der Waals surface area contributed by atoms with Gasteiger partial charge in [-0.15, -0.1) is 0 Å². The van der Waals surface area contributed by atoms with Gasteiger partial charge in [-0.05, 0) is 58.2 Å². The van der Waals surface area contributed by atoms with Gasteiger partial charge in [0.15, 0.2) is 0 Å². The molecule has 0 amide bonds. The molecule has 0 aliphatic rings. The molecule has 0 heterocycles. The van der Waals surface area contributed by atoms with E-state index in [1.54, 1.807) is 7.11 Å². The van der Waals surface area contributed by atoms with Crippen LogP contribution in [-0.2, 0) is 4.74 Å². The third-order valence-electron chi connectivity index (χ3n) is 3.69. The van der Waals surface area contributed by atoms with Gasteiger partial charge >= 0.3 is 0 Å². The van der Waals surface area contributed by atoms with E-state index in [2.05, 4.69) is 58.1 Å². The molecule has 19 heavy (non-hydrogen) atoms. The minimum atomic E-state index is -0.108. The van der Waals surface area contributed by atoms with Crippen LogP contribution in [0.1, 0.15) is 56.3 Å². The highest BCUT2D eigenvalue weighted by Gasteiger charge is 2.24. The Morgan fingerprint density at radius 2 is 1.95 bits per heavy atom. The molecule has 0 saturated heterocycles. The van der Waals surface area contributed by atoms with Crippen molar-refractivity contribution in [2.24, 2.45) is 0 Å². The third kappa shape index (κ3) is 4.96. The molecule has 0 aliphatic heterocycles. The minimum Gasteiger partial charge on any atom is -0.379 e. The number of rotatable bonds is 7. The Labute approximate surface area is 118 Å². The van der Waals surface area contributed by atoms with Crippen LogP contribution < -0.4 is 5.32 Å². The van der Waals surface area contributed by atoms with Gasteiger partial charge in [0.25, 0.3) is 0 Å². The van der Waals surface area contributed by atoms with Crippen LogP contribution in [0, 0.1) is 13.8 Å². The van der Waals surface area contributed by atoms with Crippen molar-refractivity contribution in [2.45, 2.75) is 59.1 Å². The lowest BCUT2D eigenvalue weighted by Gasteiger charge is -2.30. The third-order valence-corrected chi connectivity index (χ3v) is 3.69. The van der Waals surface area contributed by atoms with E-state index >= 15 is 0 Å². The summed E-state index contributed by atoms with van der Waals surface area (Å²) in [6, 6.07) is 7.07. The SMILES string of the molecule is CCCNC(CC(C)(C)OC)c1ccc(C)cc1C. The number of hydrogen-bond acceptors (Lipinski definition) is 2. The predicted molar refractivity (Wildman–Crippen MR) is 82.7 cm³/mol. The fourth-order valence-corrected chi connectivity index (χ4v) is 2.40. The van der Waals surface area contributed by atoms with Crippen molar-refractivity contribution >= 4 is 0 Å². The van der Waals surface area contributed by atoms with Crippen molar-refractivity contribution in [3.63, 3.8) is 0 Å². The molecule has 1 aromatic carbocycles. The Hall–Kier alpha value is -0.860. The highest BCUT2D eigenvalue weighted by atomic mass is 16.5. The smallest absolute Gasteiger partial charge is 0.0640 e. The van der Waals surface area contributed by atoms with Crippen molar-refractivity contribution in [1.82, 2.24) is 5.32 Å². The van der Waals surface area contributed by atoms with Crippen molar-refractivity contribution in [2.75, 3.05) is 13.7 Å². The van der Waals surface area contributed by atoms with Crippen molar-refractivity contribution in [3.8, 4) is 0 Å². The lowest BCUT2D eigenvalue weighted by atomic mass is 9.90. The fourth-order valence-electron chi connectivity index (χ4n) is 2.40. The van der Waals surface area contributed by atoms with Gasteiger partial charge in [0.05, 0.1) is 5.60 Å². The van der Waals surface area contributed by atoms with Gasteiger partial charge in [-0.1, -0.05) is 30.7 Å². The van der Waals surface area contributed by atoms with Gasteiger partial charge in [0.2, 0.25) is 0 Å². The Balaban J connectivity index is 2.95. The summed E-state index contributed by atoms with van der Waals surface area (Å²) in [5.74, 6) is 0. The van der Waals surface area contributed by atoms with Crippen LogP contribution in [0.25, 0.3) is 0 Å². The Kier molecular flexibility index (Phi) is 6.02. The van der Waals surface area contributed by atoms with E-state index in [4.69, 9.17) is 4.74 Å². The lowest BCUT2D eigenvalue weighted by molar-refractivity contribution is 0.00680. The maximum Gasteiger partial charge on any atom is 0.0640 e. The summed E-state index contributed by atoms with van der Waals surface area (Å²) in [6.45, 7) is 11.9. The molecule has 1 rings (SSSR count). The van der Waals surface area contributed by atoms with Crippen LogP contribution >= 0.6 is 0 Å². The van der Waals surface area contributed by atoms with E-state index in [1.165, 1.54) is 16.7 Å². The van der Waals surface area contributed by atoms with Gasteiger partial charge in [0, 0.05) is 13.2 Å². The molecule has 2 nitrogen and oxygen atoms in total. The number of benzene rings is 1. The highest BCUT2D eigenvalue weighted by Crippen LogP contribution is 2.28. The summed E-state index contributed by atoms with van der Waals surface area (Å²) in [7, 11) is 1.79. The van der Waals surface area contributed by atoms with Crippen LogP contribution in [0.3, 0.4) is 0 Å². The molecule has 1 aromatic rings. The lowest BCUT2D eigenvalue weighted by Crippen LogP contribution is -2.32. The van der Waals surface area contributed by atoms with E-state index in [1.807, 2.05) is 0 Å². The zero-order valence-corrected chi connectivity index (χ0v) is 13.3.